The fraction of sp³-hybridized carbons (Fsp3) is 0.538. The predicted molar refractivity (Wildman–Crippen MR) is 79.3 cm³/mol. The van der Waals surface area contributed by atoms with Crippen molar-refractivity contribution in [1.82, 2.24) is 4.31 Å². The second kappa shape index (κ2) is 5.91. The van der Waals surface area contributed by atoms with Gasteiger partial charge in [0, 0.05) is 23.6 Å². The van der Waals surface area contributed by atoms with Crippen LogP contribution in [0.5, 0.6) is 0 Å². The minimum Gasteiger partial charge on any atom is -0.328 e. The van der Waals surface area contributed by atoms with Crippen LogP contribution in [0.4, 0.5) is 0 Å². The lowest BCUT2D eigenvalue weighted by Crippen LogP contribution is -2.45. The maximum Gasteiger partial charge on any atom is 0.244 e. The Morgan fingerprint density at radius 3 is 2.74 bits per heavy atom. The Morgan fingerprint density at radius 2 is 2.11 bits per heavy atom. The van der Waals surface area contributed by atoms with Crippen molar-refractivity contribution < 1.29 is 8.42 Å². The molecule has 0 radical (unpaired) electrons. The molecular formula is C13H19BrN2O2S. The van der Waals surface area contributed by atoms with Crippen molar-refractivity contribution in [2.45, 2.75) is 30.7 Å². The zero-order valence-corrected chi connectivity index (χ0v) is 13.3. The number of sulfonamides is 1. The standard InChI is InChI=1S/C13H19BrN2O2S/c1-10(15)11-5-4-8-16(9-11)19(17,18)13-7-3-2-6-12(13)14/h2-3,6-7,10-11H,4-5,8-9,15H2,1H3/t10-,11+/m0/s1. The van der Waals surface area contributed by atoms with Gasteiger partial charge in [-0.05, 0) is 53.7 Å². The van der Waals surface area contributed by atoms with Crippen LogP contribution in [0.15, 0.2) is 33.6 Å². The first-order chi connectivity index (χ1) is 8.93. The summed E-state index contributed by atoms with van der Waals surface area (Å²) < 4.78 is 27.4. The van der Waals surface area contributed by atoms with Gasteiger partial charge in [-0.1, -0.05) is 12.1 Å². The van der Waals surface area contributed by atoms with Crippen LogP contribution >= 0.6 is 15.9 Å². The molecule has 1 heterocycles. The van der Waals surface area contributed by atoms with Crippen LogP contribution in [0, 0.1) is 5.92 Å². The van der Waals surface area contributed by atoms with E-state index in [1.807, 2.05) is 13.0 Å². The number of nitrogens with two attached hydrogens (primary N) is 1. The van der Waals surface area contributed by atoms with E-state index in [1.165, 1.54) is 0 Å². The number of hydrogen-bond acceptors (Lipinski definition) is 3. The van der Waals surface area contributed by atoms with E-state index in [4.69, 9.17) is 5.73 Å². The van der Waals surface area contributed by atoms with Gasteiger partial charge < -0.3 is 5.73 Å². The molecule has 106 valence electrons. The second-order valence-electron chi connectivity index (χ2n) is 5.05. The van der Waals surface area contributed by atoms with E-state index in [0.717, 1.165) is 12.8 Å². The molecule has 6 heteroatoms. The van der Waals surface area contributed by atoms with Crippen molar-refractivity contribution in [3.05, 3.63) is 28.7 Å². The smallest absolute Gasteiger partial charge is 0.244 e. The predicted octanol–water partition coefficient (Wildman–Crippen LogP) is 2.20. The summed E-state index contributed by atoms with van der Waals surface area (Å²) in [5.74, 6) is 0.242. The molecule has 1 aliphatic heterocycles. The molecule has 19 heavy (non-hydrogen) atoms. The summed E-state index contributed by atoms with van der Waals surface area (Å²) in [7, 11) is -3.43. The van der Waals surface area contributed by atoms with Gasteiger partial charge in [0.1, 0.15) is 0 Å². The van der Waals surface area contributed by atoms with Crippen LogP contribution < -0.4 is 5.73 Å². The molecule has 2 atom stereocenters. The average molecular weight is 347 g/mol. The second-order valence-corrected chi connectivity index (χ2v) is 7.82. The Balaban J connectivity index is 2.28. The zero-order valence-electron chi connectivity index (χ0n) is 10.9. The molecule has 0 aromatic heterocycles. The molecule has 1 saturated heterocycles. The Labute approximate surface area is 123 Å². The van der Waals surface area contributed by atoms with Gasteiger partial charge in [-0.15, -0.1) is 0 Å². The molecule has 2 rings (SSSR count). The molecule has 4 nitrogen and oxygen atoms in total. The van der Waals surface area contributed by atoms with Crippen LogP contribution in [-0.2, 0) is 10.0 Å². The van der Waals surface area contributed by atoms with Crippen molar-refractivity contribution in [1.29, 1.82) is 0 Å². The van der Waals surface area contributed by atoms with E-state index in [-0.39, 0.29) is 12.0 Å². The third kappa shape index (κ3) is 3.18. The molecule has 0 aliphatic carbocycles. The number of rotatable bonds is 3. The lowest BCUT2D eigenvalue weighted by atomic mass is 9.93. The minimum absolute atomic E-state index is 0.0252. The summed E-state index contributed by atoms with van der Waals surface area (Å²) in [6, 6.07) is 6.96. The molecule has 0 saturated carbocycles. The first kappa shape index (κ1) is 15.0. The SMILES string of the molecule is C[C@H](N)[C@@H]1CCCN(S(=O)(=O)c2ccccc2Br)C1. The van der Waals surface area contributed by atoms with Gasteiger partial charge in [0.2, 0.25) is 10.0 Å². The molecule has 0 spiro atoms. The van der Waals surface area contributed by atoms with E-state index in [2.05, 4.69) is 15.9 Å². The lowest BCUT2D eigenvalue weighted by Gasteiger charge is -2.33. The van der Waals surface area contributed by atoms with E-state index in [1.54, 1.807) is 22.5 Å². The van der Waals surface area contributed by atoms with Crippen molar-refractivity contribution in [3.63, 3.8) is 0 Å². The molecule has 1 aliphatic rings. The summed E-state index contributed by atoms with van der Waals surface area (Å²) in [6.07, 6.45) is 1.87. The van der Waals surface area contributed by atoms with Crippen molar-refractivity contribution >= 4 is 26.0 Å². The molecule has 1 aromatic carbocycles. The number of halogens is 1. The summed E-state index contributed by atoms with van der Waals surface area (Å²) in [5.41, 5.74) is 5.91. The van der Waals surface area contributed by atoms with Gasteiger partial charge in [-0.25, -0.2) is 8.42 Å². The summed E-state index contributed by atoms with van der Waals surface area (Å²) in [6.45, 7) is 3.04. The van der Waals surface area contributed by atoms with E-state index >= 15 is 0 Å². The molecule has 0 bridgehead atoms. The number of nitrogens with zero attached hydrogens (tertiary/aromatic N) is 1. The van der Waals surface area contributed by atoms with Gasteiger partial charge in [-0.2, -0.15) is 4.31 Å². The van der Waals surface area contributed by atoms with E-state index < -0.39 is 10.0 Å². The van der Waals surface area contributed by atoms with Crippen molar-refractivity contribution in [3.8, 4) is 0 Å². The average Bonchev–Trinajstić information content (AvgIpc) is 2.39. The summed E-state index contributed by atoms with van der Waals surface area (Å²) >= 11 is 3.31. The zero-order chi connectivity index (χ0) is 14.0. The van der Waals surface area contributed by atoms with E-state index in [9.17, 15) is 8.42 Å². The molecule has 1 aromatic rings. The van der Waals surface area contributed by atoms with Crippen molar-refractivity contribution in [2.75, 3.05) is 13.1 Å². The third-order valence-electron chi connectivity index (χ3n) is 3.62. The number of piperidine rings is 1. The maximum absolute atomic E-state index is 12.6. The molecule has 1 fully saturated rings. The van der Waals surface area contributed by atoms with Crippen LogP contribution in [0.3, 0.4) is 0 Å². The molecule has 0 unspecified atom stereocenters. The summed E-state index contributed by atoms with van der Waals surface area (Å²) in [5, 5.41) is 0. The van der Waals surface area contributed by atoms with Gasteiger partial charge in [0.15, 0.2) is 0 Å². The Morgan fingerprint density at radius 1 is 1.42 bits per heavy atom. The Kier molecular flexibility index (Phi) is 4.66. The van der Waals surface area contributed by atoms with Crippen molar-refractivity contribution in [2.24, 2.45) is 11.7 Å². The fourth-order valence-corrected chi connectivity index (χ4v) is 4.91. The Hall–Kier alpha value is -0.430. The van der Waals surface area contributed by atoms with Gasteiger partial charge in [0.25, 0.3) is 0 Å². The van der Waals surface area contributed by atoms with Gasteiger partial charge in [0.05, 0.1) is 4.90 Å². The highest BCUT2D eigenvalue weighted by molar-refractivity contribution is 9.10. The topological polar surface area (TPSA) is 63.4 Å². The summed E-state index contributed by atoms with van der Waals surface area (Å²) in [4.78, 5) is 0.334. The van der Waals surface area contributed by atoms with E-state index in [0.29, 0.717) is 22.5 Å². The van der Waals surface area contributed by atoms with Crippen LogP contribution in [0.2, 0.25) is 0 Å². The molecule has 0 amide bonds. The van der Waals surface area contributed by atoms with Gasteiger partial charge in [-0.3, -0.25) is 0 Å². The molecular weight excluding hydrogens is 328 g/mol. The lowest BCUT2D eigenvalue weighted by molar-refractivity contribution is 0.243. The maximum atomic E-state index is 12.6. The fourth-order valence-electron chi connectivity index (χ4n) is 2.41. The highest BCUT2D eigenvalue weighted by Gasteiger charge is 2.32. The monoisotopic (exact) mass is 346 g/mol. The largest absolute Gasteiger partial charge is 0.328 e. The first-order valence-electron chi connectivity index (χ1n) is 6.43. The molecule has 2 N–H and O–H groups in total. The third-order valence-corrected chi connectivity index (χ3v) is 6.50. The number of hydrogen-bond donors (Lipinski definition) is 1. The van der Waals surface area contributed by atoms with Crippen LogP contribution in [0.1, 0.15) is 19.8 Å². The normalized spacial score (nSPS) is 23.2. The number of benzene rings is 1. The van der Waals surface area contributed by atoms with Crippen LogP contribution in [-0.4, -0.2) is 31.9 Å². The first-order valence-corrected chi connectivity index (χ1v) is 8.66. The highest BCUT2D eigenvalue weighted by atomic mass is 79.9. The van der Waals surface area contributed by atoms with Gasteiger partial charge >= 0.3 is 0 Å². The Bertz CT molecular complexity index is 545. The highest BCUT2D eigenvalue weighted by Crippen LogP contribution is 2.28. The van der Waals surface area contributed by atoms with Crippen LogP contribution in [0.25, 0.3) is 0 Å². The quantitative estimate of drug-likeness (QED) is 0.912. The minimum atomic E-state index is -3.43.